The minimum Gasteiger partial charge on any atom is -0.394 e. The molecule has 1 aliphatic heterocycles. The molecule has 0 aliphatic carbocycles. The summed E-state index contributed by atoms with van der Waals surface area (Å²) in [7, 11) is 0. The molecule has 1 fully saturated rings. The van der Waals surface area contributed by atoms with E-state index in [0.29, 0.717) is 0 Å². The van der Waals surface area contributed by atoms with Gasteiger partial charge in [-0.15, -0.1) is 0 Å². The predicted octanol–water partition coefficient (Wildman–Crippen LogP) is 0.746. The molecule has 0 radical (unpaired) electrons. The summed E-state index contributed by atoms with van der Waals surface area (Å²) in [6.07, 6.45) is 3.96. The van der Waals surface area contributed by atoms with Crippen LogP contribution in [0, 0.1) is 6.92 Å². The average molecular weight is 193 g/mol. The van der Waals surface area contributed by atoms with E-state index in [1.807, 2.05) is 13.0 Å². The Labute approximate surface area is 83.6 Å². The van der Waals surface area contributed by atoms with Crippen LogP contribution in [-0.4, -0.2) is 34.3 Å². The van der Waals surface area contributed by atoms with Gasteiger partial charge in [0.15, 0.2) is 0 Å². The van der Waals surface area contributed by atoms with E-state index in [2.05, 4.69) is 14.9 Å². The van der Waals surface area contributed by atoms with Gasteiger partial charge in [0.1, 0.15) is 11.6 Å². The number of aromatic nitrogens is 2. The van der Waals surface area contributed by atoms with Gasteiger partial charge in [-0.2, -0.15) is 0 Å². The van der Waals surface area contributed by atoms with Gasteiger partial charge in [0, 0.05) is 12.7 Å². The van der Waals surface area contributed by atoms with Crippen LogP contribution < -0.4 is 4.90 Å². The fraction of sp³-hybridized carbons (Fsp3) is 0.600. The van der Waals surface area contributed by atoms with Crippen molar-refractivity contribution in [2.45, 2.75) is 25.8 Å². The molecule has 1 N–H and O–H groups in total. The molecule has 1 atom stereocenters. The second kappa shape index (κ2) is 3.92. The summed E-state index contributed by atoms with van der Waals surface area (Å²) < 4.78 is 0. The lowest BCUT2D eigenvalue weighted by molar-refractivity contribution is 0.266. The maximum absolute atomic E-state index is 9.18. The Morgan fingerprint density at radius 3 is 3.21 bits per heavy atom. The van der Waals surface area contributed by atoms with E-state index in [1.54, 1.807) is 6.20 Å². The Bertz CT molecular complexity index is 316. The van der Waals surface area contributed by atoms with E-state index in [9.17, 15) is 5.11 Å². The second-order valence-corrected chi connectivity index (χ2v) is 3.63. The molecule has 0 amide bonds. The first-order valence-electron chi connectivity index (χ1n) is 4.98. The molecule has 4 heteroatoms. The molecule has 1 saturated heterocycles. The average Bonchev–Trinajstić information content (AvgIpc) is 2.65. The van der Waals surface area contributed by atoms with Gasteiger partial charge in [0.25, 0.3) is 0 Å². The molecular formula is C10H15N3O. The van der Waals surface area contributed by atoms with E-state index in [4.69, 9.17) is 0 Å². The monoisotopic (exact) mass is 193 g/mol. The highest BCUT2D eigenvalue weighted by Gasteiger charge is 2.24. The normalized spacial score (nSPS) is 21.6. The first kappa shape index (κ1) is 9.40. The van der Waals surface area contributed by atoms with Crippen LogP contribution in [0.2, 0.25) is 0 Å². The predicted molar refractivity (Wildman–Crippen MR) is 54.2 cm³/mol. The third-order valence-corrected chi connectivity index (χ3v) is 2.64. The van der Waals surface area contributed by atoms with Crippen LogP contribution in [0.15, 0.2) is 12.3 Å². The molecule has 76 valence electrons. The lowest BCUT2D eigenvalue weighted by Crippen LogP contribution is -2.32. The van der Waals surface area contributed by atoms with Crippen molar-refractivity contribution >= 4 is 5.82 Å². The smallest absolute Gasteiger partial charge is 0.132 e. The molecule has 0 spiro atoms. The van der Waals surface area contributed by atoms with Gasteiger partial charge in [0.05, 0.1) is 12.6 Å². The Kier molecular flexibility index (Phi) is 2.63. The largest absolute Gasteiger partial charge is 0.394 e. The SMILES string of the molecule is Cc1nccc(N2CCCC2CO)n1. The number of aliphatic hydroxyl groups excluding tert-OH is 1. The van der Waals surface area contributed by atoms with Crippen LogP contribution in [0.3, 0.4) is 0 Å². The first-order chi connectivity index (χ1) is 6.81. The highest BCUT2D eigenvalue weighted by Crippen LogP contribution is 2.22. The van der Waals surface area contributed by atoms with E-state index in [0.717, 1.165) is 31.0 Å². The topological polar surface area (TPSA) is 49.2 Å². The molecule has 14 heavy (non-hydrogen) atoms. The molecule has 2 heterocycles. The standard InChI is InChI=1S/C10H15N3O/c1-8-11-5-4-10(12-8)13-6-2-3-9(13)7-14/h4-5,9,14H,2-3,6-7H2,1H3. The van der Waals surface area contributed by atoms with Crippen LogP contribution in [-0.2, 0) is 0 Å². The maximum Gasteiger partial charge on any atom is 0.132 e. The minimum absolute atomic E-state index is 0.211. The molecule has 2 rings (SSSR count). The van der Waals surface area contributed by atoms with Crippen molar-refractivity contribution < 1.29 is 5.11 Å². The van der Waals surface area contributed by atoms with Crippen molar-refractivity contribution in [3.63, 3.8) is 0 Å². The third kappa shape index (κ3) is 1.70. The number of aryl methyl sites for hydroxylation is 1. The molecular weight excluding hydrogens is 178 g/mol. The highest BCUT2D eigenvalue weighted by atomic mass is 16.3. The van der Waals surface area contributed by atoms with Crippen LogP contribution in [0.25, 0.3) is 0 Å². The van der Waals surface area contributed by atoms with E-state index in [-0.39, 0.29) is 12.6 Å². The fourth-order valence-corrected chi connectivity index (χ4v) is 1.93. The lowest BCUT2D eigenvalue weighted by Gasteiger charge is -2.23. The Morgan fingerprint density at radius 1 is 1.64 bits per heavy atom. The van der Waals surface area contributed by atoms with Crippen LogP contribution >= 0.6 is 0 Å². The van der Waals surface area contributed by atoms with Crippen molar-refractivity contribution in [1.82, 2.24) is 9.97 Å². The van der Waals surface area contributed by atoms with Gasteiger partial charge < -0.3 is 10.0 Å². The fourth-order valence-electron chi connectivity index (χ4n) is 1.93. The number of rotatable bonds is 2. The molecule has 1 aromatic rings. The number of anilines is 1. The zero-order chi connectivity index (χ0) is 9.97. The lowest BCUT2D eigenvalue weighted by atomic mass is 10.2. The van der Waals surface area contributed by atoms with Crippen LogP contribution in [0.4, 0.5) is 5.82 Å². The van der Waals surface area contributed by atoms with Crippen molar-refractivity contribution in [3.8, 4) is 0 Å². The third-order valence-electron chi connectivity index (χ3n) is 2.64. The zero-order valence-electron chi connectivity index (χ0n) is 8.35. The first-order valence-corrected chi connectivity index (χ1v) is 4.98. The van der Waals surface area contributed by atoms with Gasteiger partial charge in [-0.3, -0.25) is 0 Å². The second-order valence-electron chi connectivity index (χ2n) is 3.63. The summed E-state index contributed by atoms with van der Waals surface area (Å²) in [6.45, 7) is 3.08. The van der Waals surface area contributed by atoms with Crippen molar-refractivity contribution in [2.75, 3.05) is 18.1 Å². The van der Waals surface area contributed by atoms with Gasteiger partial charge in [-0.25, -0.2) is 9.97 Å². The van der Waals surface area contributed by atoms with Crippen LogP contribution in [0.1, 0.15) is 18.7 Å². The van der Waals surface area contributed by atoms with Crippen molar-refractivity contribution in [3.05, 3.63) is 18.1 Å². The van der Waals surface area contributed by atoms with Gasteiger partial charge >= 0.3 is 0 Å². The van der Waals surface area contributed by atoms with Gasteiger partial charge in [0.2, 0.25) is 0 Å². The number of aliphatic hydroxyl groups is 1. The number of hydrogen-bond donors (Lipinski definition) is 1. The van der Waals surface area contributed by atoms with E-state index >= 15 is 0 Å². The Balaban J connectivity index is 2.21. The summed E-state index contributed by atoms with van der Waals surface area (Å²) in [6, 6.07) is 2.14. The highest BCUT2D eigenvalue weighted by molar-refractivity contribution is 5.40. The van der Waals surface area contributed by atoms with Crippen molar-refractivity contribution in [1.29, 1.82) is 0 Å². The Hall–Kier alpha value is -1.16. The summed E-state index contributed by atoms with van der Waals surface area (Å²) in [5, 5.41) is 9.18. The van der Waals surface area contributed by atoms with Gasteiger partial charge in [-0.1, -0.05) is 0 Å². The maximum atomic E-state index is 9.18. The summed E-state index contributed by atoms with van der Waals surface area (Å²) in [5.74, 6) is 1.72. The molecule has 1 unspecified atom stereocenters. The Morgan fingerprint density at radius 2 is 2.50 bits per heavy atom. The van der Waals surface area contributed by atoms with E-state index < -0.39 is 0 Å². The van der Waals surface area contributed by atoms with E-state index in [1.165, 1.54) is 0 Å². The molecule has 0 aromatic carbocycles. The quantitative estimate of drug-likeness (QED) is 0.753. The molecule has 1 aliphatic rings. The molecule has 1 aromatic heterocycles. The zero-order valence-corrected chi connectivity index (χ0v) is 8.35. The van der Waals surface area contributed by atoms with Gasteiger partial charge in [-0.05, 0) is 25.8 Å². The number of nitrogens with zero attached hydrogens (tertiary/aromatic N) is 3. The molecule has 0 bridgehead atoms. The number of hydrogen-bond acceptors (Lipinski definition) is 4. The molecule has 4 nitrogen and oxygen atoms in total. The molecule has 0 saturated carbocycles. The summed E-state index contributed by atoms with van der Waals surface area (Å²) in [5.41, 5.74) is 0. The van der Waals surface area contributed by atoms with Crippen LogP contribution in [0.5, 0.6) is 0 Å². The summed E-state index contributed by atoms with van der Waals surface area (Å²) >= 11 is 0. The minimum atomic E-state index is 0.211. The summed E-state index contributed by atoms with van der Waals surface area (Å²) in [4.78, 5) is 10.6. The van der Waals surface area contributed by atoms with Crippen molar-refractivity contribution in [2.24, 2.45) is 0 Å².